The van der Waals surface area contributed by atoms with E-state index in [0.717, 1.165) is 16.7 Å². The van der Waals surface area contributed by atoms with Crippen LogP contribution >= 0.6 is 0 Å². The van der Waals surface area contributed by atoms with Crippen molar-refractivity contribution in [3.63, 3.8) is 0 Å². The molecule has 0 fully saturated rings. The third-order valence-corrected chi connectivity index (χ3v) is 2.45. The van der Waals surface area contributed by atoms with Crippen LogP contribution in [0.2, 0.25) is 0 Å². The lowest BCUT2D eigenvalue weighted by Crippen LogP contribution is -2.11. The van der Waals surface area contributed by atoms with Crippen molar-refractivity contribution in [1.82, 2.24) is 0 Å². The minimum atomic E-state index is 0.534. The van der Waals surface area contributed by atoms with Gasteiger partial charge in [0, 0.05) is 19.6 Å². The highest BCUT2D eigenvalue weighted by atomic mass is 14.6. The van der Waals surface area contributed by atoms with Crippen molar-refractivity contribution >= 4 is 0 Å². The lowest BCUT2D eigenvalue weighted by molar-refractivity contribution is 0.939. The van der Waals surface area contributed by atoms with Crippen molar-refractivity contribution in [2.75, 3.05) is 0 Å². The zero-order valence-electron chi connectivity index (χ0n) is 8.01. The molecule has 13 heavy (non-hydrogen) atoms. The zero-order chi connectivity index (χ0) is 9.84. The second kappa shape index (κ2) is 4.37. The van der Waals surface area contributed by atoms with Crippen LogP contribution in [0, 0.1) is 6.92 Å². The van der Waals surface area contributed by atoms with Crippen molar-refractivity contribution in [3.8, 4) is 0 Å². The van der Waals surface area contributed by atoms with E-state index in [1.807, 2.05) is 19.1 Å². The van der Waals surface area contributed by atoms with Crippen LogP contribution in [0.5, 0.6) is 0 Å². The molecular formula is C10H17N3. The molecule has 3 nitrogen and oxygen atoms in total. The molecule has 0 atom stereocenters. The summed E-state index contributed by atoms with van der Waals surface area (Å²) in [5.74, 6) is 0. The normalized spacial score (nSPS) is 10.5. The molecule has 1 aromatic carbocycles. The minimum absolute atomic E-state index is 0.534. The molecule has 1 rings (SSSR count). The quantitative estimate of drug-likeness (QED) is 0.627. The smallest absolute Gasteiger partial charge is 0.0184 e. The number of hydrogen-bond acceptors (Lipinski definition) is 3. The van der Waals surface area contributed by atoms with E-state index in [9.17, 15) is 0 Å². The summed E-state index contributed by atoms with van der Waals surface area (Å²) < 4.78 is 0. The fourth-order valence-electron chi connectivity index (χ4n) is 1.56. The van der Waals surface area contributed by atoms with Crippen LogP contribution in [0.25, 0.3) is 0 Å². The van der Waals surface area contributed by atoms with Gasteiger partial charge in [0.2, 0.25) is 0 Å². The molecule has 0 saturated heterocycles. The lowest BCUT2D eigenvalue weighted by atomic mass is 9.97. The molecule has 0 amide bonds. The van der Waals surface area contributed by atoms with Gasteiger partial charge in [0.05, 0.1) is 0 Å². The Hall–Kier alpha value is -0.900. The average molecular weight is 179 g/mol. The highest BCUT2D eigenvalue weighted by molar-refractivity contribution is 5.40. The molecule has 0 saturated carbocycles. The maximum absolute atomic E-state index is 5.65. The molecule has 0 radical (unpaired) electrons. The van der Waals surface area contributed by atoms with Gasteiger partial charge < -0.3 is 17.2 Å². The van der Waals surface area contributed by atoms with Gasteiger partial charge in [-0.15, -0.1) is 0 Å². The van der Waals surface area contributed by atoms with Crippen LogP contribution in [0.3, 0.4) is 0 Å². The zero-order valence-corrected chi connectivity index (χ0v) is 8.01. The van der Waals surface area contributed by atoms with E-state index in [0.29, 0.717) is 19.6 Å². The molecule has 3 heteroatoms. The highest BCUT2D eigenvalue weighted by Crippen LogP contribution is 2.17. The molecule has 0 heterocycles. The second-order valence-corrected chi connectivity index (χ2v) is 3.10. The first-order chi connectivity index (χ1) is 6.24. The molecular weight excluding hydrogens is 162 g/mol. The average Bonchev–Trinajstić information content (AvgIpc) is 2.17. The number of rotatable bonds is 3. The van der Waals surface area contributed by atoms with Crippen LogP contribution in [0.1, 0.15) is 22.3 Å². The van der Waals surface area contributed by atoms with Gasteiger partial charge >= 0.3 is 0 Å². The summed E-state index contributed by atoms with van der Waals surface area (Å²) in [7, 11) is 0. The topological polar surface area (TPSA) is 78.1 Å². The van der Waals surface area contributed by atoms with Crippen molar-refractivity contribution in [1.29, 1.82) is 0 Å². The Morgan fingerprint density at radius 2 is 1.46 bits per heavy atom. The largest absolute Gasteiger partial charge is 0.326 e. The maximum Gasteiger partial charge on any atom is 0.0184 e. The van der Waals surface area contributed by atoms with Crippen molar-refractivity contribution in [2.45, 2.75) is 26.6 Å². The fraction of sp³-hybridized carbons (Fsp3) is 0.400. The van der Waals surface area contributed by atoms with Crippen molar-refractivity contribution in [2.24, 2.45) is 17.2 Å². The molecule has 6 N–H and O–H groups in total. The number of hydrogen-bond donors (Lipinski definition) is 3. The van der Waals surface area contributed by atoms with E-state index in [-0.39, 0.29) is 0 Å². The summed E-state index contributed by atoms with van der Waals surface area (Å²) in [4.78, 5) is 0. The molecule has 0 aliphatic heterocycles. The summed E-state index contributed by atoms with van der Waals surface area (Å²) in [6, 6.07) is 4.04. The summed E-state index contributed by atoms with van der Waals surface area (Å²) in [5.41, 5.74) is 21.5. The fourth-order valence-corrected chi connectivity index (χ4v) is 1.56. The molecule has 1 aromatic rings. The van der Waals surface area contributed by atoms with Gasteiger partial charge in [-0.25, -0.2) is 0 Å². The first kappa shape index (κ1) is 10.2. The molecule has 0 aliphatic rings. The summed E-state index contributed by atoms with van der Waals surface area (Å²) in [5, 5.41) is 0. The first-order valence-corrected chi connectivity index (χ1v) is 4.45. The van der Waals surface area contributed by atoms with Crippen LogP contribution in [0.4, 0.5) is 0 Å². The van der Waals surface area contributed by atoms with Gasteiger partial charge in [-0.3, -0.25) is 0 Å². The number of nitrogens with two attached hydrogens (primary N) is 3. The third-order valence-electron chi connectivity index (χ3n) is 2.45. The SMILES string of the molecule is Cc1c(CN)ccc(CN)c1CN. The van der Waals surface area contributed by atoms with Crippen LogP contribution in [0.15, 0.2) is 12.1 Å². The maximum atomic E-state index is 5.65. The van der Waals surface area contributed by atoms with Gasteiger partial charge in [0.1, 0.15) is 0 Å². The summed E-state index contributed by atoms with van der Waals surface area (Å²) in [6.45, 7) is 3.68. The van der Waals surface area contributed by atoms with Crippen molar-refractivity contribution in [3.05, 3.63) is 34.4 Å². The number of benzene rings is 1. The predicted octanol–water partition coefficient (Wildman–Crippen LogP) is 0.371. The minimum Gasteiger partial charge on any atom is -0.326 e. The third kappa shape index (κ3) is 1.88. The molecule has 0 bridgehead atoms. The van der Waals surface area contributed by atoms with Crippen LogP contribution in [-0.4, -0.2) is 0 Å². The standard InChI is InChI=1S/C10H17N3/c1-7-8(4-11)2-3-9(5-12)10(7)6-13/h2-3H,4-6,11-13H2,1H3. The Labute approximate surface area is 78.9 Å². The van der Waals surface area contributed by atoms with Gasteiger partial charge in [0.25, 0.3) is 0 Å². The molecule has 72 valence electrons. The van der Waals surface area contributed by atoms with Crippen LogP contribution in [-0.2, 0) is 19.6 Å². The Morgan fingerprint density at radius 3 is 1.92 bits per heavy atom. The summed E-state index contributed by atoms with van der Waals surface area (Å²) in [6.07, 6.45) is 0. The molecule has 0 spiro atoms. The lowest BCUT2D eigenvalue weighted by Gasteiger charge is -2.12. The van der Waals surface area contributed by atoms with Gasteiger partial charge in [-0.2, -0.15) is 0 Å². The van der Waals surface area contributed by atoms with E-state index in [2.05, 4.69) is 0 Å². The molecule has 0 aromatic heterocycles. The highest BCUT2D eigenvalue weighted by Gasteiger charge is 2.05. The van der Waals surface area contributed by atoms with Gasteiger partial charge in [0.15, 0.2) is 0 Å². The Bertz CT molecular complexity index is 294. The monoisotopic (exact) mass is 179 g/mol. The van der Waals surface area contributed by atoms with E-state index in [1.54, 1.807) is 0 Å². The van der Waals surface area contributed by atoms with Crippen LogP contribution < -0.4 is 17.2 Å². The molecule has 0 unspecified atom stereocenters. The molecule has 0 aliphatic carbocycles. The van der Waals surface area contributed by atoms with Gasteiger partial charge in [-0.05, 0) is 29.2 Å². The van der Waals surface area contributed by atoms with Crippen molar-refractivity contribution < 1.29 is 0 Å². The Morgan fingerprint density at radius 1 is 0.923 bits per heavy atom. The predicted molar refractivity (Wildman–Crippen MR) is 54.9 cm³/mol. The van der Waals surface area contributed by atoms with E-state index >= 15 is 0 Å². The first-order valence-electron chi connectivity index (χ1n) is 4.45. The summed E-state index contributed by atoms with van der Waals surface area (Å²) >= 11 is 0. The Kier molecular flexibility index (Phi) is 3.42. The van der Waals surface area contributed by atoms with E-state index in [4.69, 9.17) is 17.2 Å². The van der Waals surface area contributed by atoms with E-state index in [1.165, 1.54) is 5.56 Å². The Balaban J connectivity index is 3.23. The second-order valence-electron chi connectivity index (χ2n) is 3.10. The van der Waals surface area contributed by atoms with E-state index < -0.39 is 0 Å². The van der Waals surface area contributed by atoms with Gasteiger partial charge in [-0.1, -0.05) is 12.1 Å².